The molecule has 1 saturated heterocycles. The molecule has 4 rings (SSSR count). The molecule has 1 fully saturated rings. The Labute approximate surface area is 168 Å². The summed E-state index contributed by atoms with van der Waals surface area (Å²) in [6.45, 7) is 3.14. The monoisotopic (exact) mass is 392 g/mol. The molecule has 0 saturated carbocycles. The van der Waals surface area contributed by atoms with Gasteiger partial charge in [-0.15, -0.1) is 0 Å². The SMILES string of the molecule is Cc1noc2nc(-c3ccccc3)cc(C(=O)N3CCCC(CCC(N)=O)C3)c12. The summed E-state index contributed by atoms with van der Waals surface area (Å²) in [5, 5.41) is 4.68. The van der Waals surface area contributed by atoms with Crippen molar-refractivity contribution in [1.82, 2.24) is 15.0 Å². The van der Waals surface area contributed by atoms with E-state index in [4.69, 9.17) is 10.3 Å². The smallest absolute Gasteiger partial charge is 0.259 e. The standard InChI is InChI=1S/C22H24N4O3/c1-14-20-17(22(28)26-11-5-6-15(13-26)9-10-19(23)27)12-18(24-21(20)29-25-14)16-7-3-2-4-8-16/h2-4,7-8,12,15H,5-6,9-11,13H2,1H3,(H2,23,27). The van der Waals surface area contributed by atoms with Crippen molar-refractivity contribution in [2.24, 2.45) is 11.7 Å². The number of aryl methyl sites for hydroxylation is 1. The molecule has 0 radical (unpaired) electrons. The van der Waals surface area contributed by atoms with Crippen LogP contribution in [0.2, 0.25) is 0 Å². The average Bonchev–Trinajstić information content (AvgIpc) is 3.13. The van der Waals surface area contributed by atoms with Crippen LogP contribution in [-0.2, 0) is 4.79 Å². The van der Waals surface area contributed by atoms with E-state index in [0.717, 1.165) is 18.4 Å². The normalized spacial score (nSPS) is 16.9. The number of benzene rings is 1. The lowest BCUT2D eigenvalue weighted by Gasteiger charge is -2.33. The maximum atomic E-state index is 13.5. The molecule has 2 amide bonds. The average molecular weight is 392 g/mol. The van der Waals surface area contributed by atoms with Crippen molar-refractivity contribution >= 4 is 22.9 Å². The zero-order valence-electron chi connectivity index (χ0n) is 16.4. The maximum Gasteiger partial charge on any atom is 0.259 e. The fraction of sp³-hybridized carbons (Fsp3) is 0.364. The summed E-state index contributed by atoms with van der Waals surface area (Å²) < 4.78 is 5.39. The minimum atomic E-state index is -0.295. The number of hydrogen-bond acceptors (Lipinski definition) is 5. The van der Waals surface area contributed by atoms with Gasteiger partial charge in [0.05, 0.1) is 22.3 Å². The molecular weight excluding hydrogens is 368 g/mol. The van der Waals surface area contributed by atoms with Gasteiger partial charge in [0.15, 0.2) is 0 Å². The second kappa shape index (κ2) is 8.03. The van der Waals surface area contributed by atoms with E-state index in [2.05, 4.69) is 10.1 Å². The Morgan fingerprint density at radius 2 is 2.07 bits per heavy atom. The van der Waals surface area contributed by atoms with Gasteiger partial charge in [0.25, 0.3) is 11.6 Å². The van der Waals surface area contributed by atoms with Crippen LogP contribution in [0, 0.1) is 12.8 Å². The first-order valence-corrected chi connectivity index (χ1v) is 9.93. The summed E-state index contributed by atoms with van der Waals surface area (Å²) in [7, 11) is 0. The molecule has 1 atom stereocenters. The van der Waals surface area contributed by atoms with Crippen molar-refractivity contribution in [3.63, 3.8) is 0 Å². The molecular formula is C22H24N4O3. The van der Waals surface area contributed by atoms with Crippen molar-refractivity contribution in [3.05, 3.63) is 47.7 Å². The molecule has 1 aliphatic heterocycles. The number of nitrogens with two attached hydrogens (primary N) is 1. The molecule has 1 aliphatic rings. The fourth-order valence-electron chi connectivity index (χ4n) is 4.02. The molecule has 0 bridgehead atoms. The van der Waals surface area contributed by atoms with Crippen LogP contribution in [-0.4, -0.2) is 39.9 Å². The minimum absolute atomic E-state index is 0.0512. The third-order valence-electron chi connectivity index (χ3n) is 5.52. The number of primary amides is 1. The molecule has 7 nitrogen and oxygen atoms in total. The van der Waals surface area contributed by atoms with Crippen molar-refractivity contribution in [1.29, 1.82) is 0 Å². The van der Waals surface area contributed by atoms with E-state index in [0.29, 0.717) is 54.0 Å². The Morgan fingerprint density at radius 3 is 2.83 bits per heavy atom. The lowest BCUT2D eigenvalue weighted by Crippen LogP contribution is -2.40. The number of fused-ring (bicyclic) bond motifs is 1. The maximum absolute atomic E-state index is 13.5. The second-order valence-corrected chi connectivity index (χ2v) is 7.63. The highest BCUT2D eigenvalue weighted by molar-refractivity contribution is 6.07. The highest BCUT2D eigenvalue weighted by Gasteiger charge is 2.28. The van der Waals surface area contributed by atoms with E-state index in [-0.39, 0.29) is 17.7 Å². The van der Waals surface area contributed by atoms with E-state index in [1.807, 2.05) is 48.2 Å². The van der Waals surface area contributed by atoms with Crippen molar-refractivity contribution in [3.8, 4) is 11.3 Å². The Balaban J connectivity index is 1.67. The predicted molar refractivity (Wildman–Crippen MR) is 109 cm³/mol. The minimum Gasteiger partial charge on any atom is -0.370 e. The van der Waals surface area contributed by atoms with E-state index in [1.54, 1.807) is 0 Å². The van der Waals surface area contributed by atoms with Gasteiger partial charge in [-0.1, -0.05) is 35.5 Å². The Morgan fingerprint density at radius 1 is 1.28 bits per heavy atom. The summed E-state index contributed by atoms with van der Waals surface area (Å²) in [5.41, 5.74) is 8.46. The quantitative estimate of drug-likeness (QED) is 0.717. The largest absolute Gasteiger partial charge is 0.370 e. The number of hydrogen-bond donors (Lipinski definition) is 1. The second-order valence-electron chi connectivity index (χ2n) is 7.63. The number of carbonyl (C=O) groups excluding carboxylic acids is 2. The number of pyridine rings is 1. The Hall–Kier alpha value is -3.22. The number of aromatic nitrogens is 2. The van der Waals surface area contributed by atoms with Crippen LogP contribution in [0.3, 0.4) is 0 Å². The first-order valence-electron chi connectivity index (χ1n) is 9.93. The molecule has 29 heavy (non-hydrogen) atoms. The lowest BCUT2D eigenvalue weighted by atomic mass is 9.92. The van der Waals surface area contributed by atoms with E-state index >= 15 is 0 Å². The van der Waals surface area contributed by atoms with Gasteiger partial charge in [-0.25, -0.2) is 4.98 Å². The van der Waals surface area contributed by atoms with Gasteiger partial charge in [0, 0.05) is 25.1 Å². The zero-order chi connectivity index (χ0) is 20.4. The lowest BCUT2D eigenvalue weighted by molar-refractivity contribution is -0.118. The summed E-state index contributed by atoms with van der Waals surface area (Å²) in [4.78, 5) is 31.0. The van der Waals surface area contributed by atoms with Crippen LogP contribution in [0.15, 0.2) is 40.9 Å². The third-order valence-corrected chi connectivity index (χ3v) is 5.52. The van der Waals surface area contributed by atoms with E-state index in [1.165, 1.54) is 0 Å². The first kappa shape index (κ1) is 19.1. The highest BCUT2D eigenvalue weighted by Crippen LogP contribution is 2.29. The molecule has 150 valence electrons. The van der Waals surface area contributed by atoms with Crippen molar-refractivity contribution < 1.29 is 14.1 Å². The number of likely N-dealkylation sites (tertiary alicyclic amines) is 1. The van der Waals surface area contributed by atoms with Crippen LogP contribution < -0.4 is 5.73 Å². The highest BCUT2D eigenvalue weighted by atomic mass is 16.5. The van der Waals surface area contributed by atoms with E-state index in [9.17, 15) is 9.59 Å². The fourth-order valence-corrected chi connectivity index (χ4v) is 4.02. The molecule has 7 heteroatoms. The summed E-state index contributed by atoms with van der Waals surface area (Å²) in [6, 6.07) is 11.5. The molecule has 0 aliphatic carbocycles. The molecule has 3 heterocycles. The van der Waals surface area contributed by atoms with Gasteiger partial charge in [-0.2, -0.15) is 0 Å². The number of piperidine rings is 1. The van der Waals surface area contributed by atoms with Gasteiger partial charge in [-0.3, -0.25) is 9.59 Å². The number of nitrogens with zero attached hydrogens (tertiary/aromatic N) is 3. The van der Waals surface area contributed by atoms with Gasteiger partial charge in [0.1, 0.15) is 0 Å². The van der Waals surface area contributed by atoms with Gasteiger partial charge in [0.2, 0.25) is 5.91 Å². The number of rotatable bonds is 5. The van der Waals surface area contributed by atoms with Gasteiger partial charge < -0.3 is 15.2 Å². The van der Waals surface area contributed by atoms with Crippen molar-refractivity contribution in [2.45, 2.75) is 32.6 Å². The summed E-state index contributed by atoms with van der Waals surface area (Å²) in [6.07, 6.45) is 2.99. The zero-order valence-corrected chi connectivity index (χ0v) is 16.4. The van der Waals surface area contributed by atoms with Crippen LogP contribution in [0.1, 0.15) is 41.7 Å². The Bertz CT molecular complexity index is 1040. The molecule has 1 aromatic carbocycles. The van der Waals surface area contributed by atoms with Crippen LogP contribution in [0.5, 0.6) is 0 Å². The Kier molecular flexibility index (Phi) is 5.29. The van der Waals surface area contributed by atoms with E-state index < -0.39 is 0 Å². The van der Waals surface area contributed by atoms with Gasteiger partial charge >= 0.3 is 0 Å². The number of amides is 2. The van der Waals surface area contributed by atoms with Crippen molar-refractivity contribution in [2.75, 3.05) is 13.1 Å². The molecule has 3 aromatic rings. The van der Waals surface area contributed by atoms with Crippen LogP contribution in [0.4, 0.5) is 0 Å². The topological polar surface area (TPSA) is 102 Å². The molecule has 2 N–H and O–H groups in total. The molecule has 2 aromatic heterocycles. The molecule has 0 spiro atoms. The number of carbonyl (C=O) groups is 2. The third kappa shape index (κ3) is 3.99. The summed E-state index contributed by atoms with van der Waals surface area (Å²) in [5.74, 6) is -0.0590. The van der Waals surface area contributed by atoms with Crippen LogP contribution in [0.25, 0.3) is 22.4 Å². The van der Waals surface area contributed by atoms with Crippen LogP contribution >= 0.6 is 0 Å². The molecule has 1 unspecified atom stereocenters. The predicted octanol–water partition coefficient (Wildman–Crippen LogP) is 3.32. The van der Waals surface area contributed by atoms with Gasteiger partial charge in [-0.05, 0) is 38.2 Å². The summed E-state index contributed by atoms with van der Waals surface area (Å²) >= 11 is 0. The first-order chi connectivity index (χ1) is 14.0.